The van der Waals surface area contributed by atoms with E-state index < -0.39 is 0 Å². The largest absolute Gasteiger partial charge is 0.311 e. The lowest BCUT2D eigenvalue weighted by molar-refractivity contribution is 0.420. The van der Waals surface area contributed by atoms with E-state index in [1.807, 2.05) is 0 Å². The van der Waals surface area contributed by atoms with E-state index in [4.69, 9.17) is 0 Å². The molecule has 6 unspecified atom stereocenters. The molecule has 11 rings (SSSR count). The van der Waals surface area contributed by atoms with Crippen molar-refractivity contribution in [1.29, 1.82) is 0 Å². The minimum Gasteiger partial charge on any atom is -0.311 e. The molecule has 3 heteroatoms. The standard InChI is InChI=1S/C53H59BN2/c1-32-24-49-51-50(25-32)56(42-20-15-39(16-21-42)52(2,3)4)48-23-17-40(53(5,6)7)31-46(48)54(51)45-30-38(44-29-34-9-11-37(44)27-34)14-22-47(45)55(49)41-18-12-35(13-19-41)43-28-33-8-10-36(43)26-33/h12-25,30-31,33-34,36-37,43-44H,8-11,26-29H2,1-7H3. The topological polar surface area (TPSA) is 6.48 Å². The Kier molecular flexibility index (Phi) is 7.73. The van der Waals surface area contributed by atoms with Gasteiger partial charge in [-0.1, -0.05) is 103 Å². The molecule has 6 aliphatic rings. The summed E-state index contributed by atoms with van der Waals surface area (Å²) in [6.45, 7) is 16.5. The van der Waals surface area contributed by atoms with Crippen LogP contribution >= 0.6 is 0 Å². The molecular weight excluding hydrogens is 675 g/mol. The van der Waals surface area contributed by atoms with Crippen LogP contribution in [0.1, 0.15) is 133 Å². The molecule has 0 spiro atoms. The fraction of sp³-hybridized carbons (Fsp3) is 0.434. The fourth-order valence-electron chi connectivity index (χ4n) is 12.7. The molecule has 0 amide bonds. The molecule has 5 aromatic rings. The first-order valence-corrected chi connectivity index (χ1v) is 22.1. The summed E-state index contributed by atoms with van der Waals surface area (Å²) in [5.41, 5.74) is 19.6. The van der Waals surface area contributed by atoms with Gasteiger partial charge in [-0.3, -0.25) is 0 Å². The summed E-state index contributed by atoms with van der Waals surface area (Å²) in [5, 5.41) is 0. The lowest BCUT2D eigenvalue weighted by Crippen LogP contribution is -2.61. The molecule has 4 aliphatic carbocycles. The quantitative estimate of drug-likeness (QED) is 0.166. The lowest BCUT2D eigenvalue weighted by atomic mass is 9.33. The number of hydrogen-bond donors (Lipinski definition) is 0. The van der Waals surface area contributed by atoms with Crippen LogP contribution in [0.3, 0.4) is 0 Å². The maximum Gasteiger partial charge on any atom is 0.252 e. The Hall–Kier alpha value is -4.24. The zero-order valence-electron chi connectivity index (χ0n) is 34.8. The van der Waals surface area contributed by atoms with Gasteiger partial charge in [0.25, 0.3) is 6.71 Å². The molecule has 56 heavy (non-hydrogen) atoms. The monoisotopic (exact) mass is 734 g/mol. The third kappa shape index (κ3) is 5.42. The van der Waals surface area contributed by atoms with E-state index in [0.29, 0.717) is 5.92 Å². The SMILES string of the molecule is Cc1cc2c3c(c1)N(c1ccc(C(C)(C)C)cc1)c1ccc(C(C)(C)C)cc1B3c1cc(C3CC4CCC3C4)ccc1N2c1ccc(C2CC3CCC2C3)cc1. The van der Waals surface area contributed by atoms with Gasteiger partial charge in [-0.05, 0) is 185 Å². The van der Waals surface area contributed by atoms with Crippen LogP contribution in [-0.2, 0) is 10.8 Å². The highest BCUT2D eigenvalue weighted by Gasteiger charge is 2.46. The second-order valence-electron chi connectivity index (χ2n) is 21.1. The maximum absolute atomic E-state index is 2.69. The highest BCUT2D eigenvalue weighted by molar-refractivity contribution is 7.00. The Balaban J connectivity index is 1.14. The van der Waals surface area contributed by atoms with Crippen molar-refractivity contribution in [3.63, 3.8) is 0 Å². The molecule has 0 saturated heterocycles. The summed E-state index contributed by atoms with van der Waals surface area (Å²) in [6, 6.07) is 39.5. The Labute approximate surface area is 336 Å². The van der Waals surface area contributed by atoms with E-state index in [2.05, 4.69) is 155 Å². The maximum atomic E-state index is 2.69. The van der Waals surface area contributed by atoms with Crippen molar-refractivity contribution in [3.8, 4) is 0 Å². The normalized spacial score (nSPS) is 25.8. The van der Waals surface area contributed by atoms with E-state index in [0.717, 1.165) is 29.6 Å². The van der Waals surface area contributed by atoms with Crippen LogP contribution in [0.15, 0.2) is 97.1 Å². The van der Waals surface area contributed by atoms with Crippen molar-refractivity contribution in [2.75, 3.05) is 9.80 Å². The third-order valence-electron chi connectivity index (χ3n) is 15.6. The van der Waals surface area contributed by atoms with Gasteiger partial charge >= 0.3 is 0 Å². The summed E-state index contributed by atoms with van der Waals surface area (Å²) in [4.78, 5) is 5.24. The van der Waals surface area contributed by atoms with Crippen LogP contribution in [0, 0.1) is 30.6 Å². The predicted molar refractivity (Wildman–Crippen MR) is 239 cm³/mol. The van der Waals surface area contributed by atoms with Gasteiger partial charge in [-0.15, -0.1) is 0 Å². The number of aryl methyl sites for hydroxylation is 1. The van der Waals surface area contributed by atoms with Crippen molar-refractivity contribution < 1.29 is 0 Å². The van der Waals surface area contributed by atoms with Gasteiger partial charge in [0.15, 0.2) is 0 Å². The Morgan fingerprint density at radius 3 is 1.48 bits per heavy atom. The van der Waals surface area contributed by atoms with Gasteiger partial charge in [0.2, 0.25) is 0 Å². The zero-order valence-corrected chi connectivity index (χ0v) is 34.8. The Morgan fingerprint density at radius 1 is 0.482 bits per heavy atom. The summed E-state index contributed by atoms with van der Waals surface area (Å²) in [5.74, 6) is 5.03. The molecule has 5 aromatic carbocycles. The van der Waals surface area contributed by atoms with Crippen LogP contribution in [0.4, 0.5) is 34.1 Å². The molecule has 4 fully saturated rings. The van der Waals surface area contributed by atoms with Crippen LogP contribution in [0.2, 0.25) is 0 Å². The van der Waals surface area contributed by atoms with Crippen molar-refractivity contribution in [1.82, 2.24) is 0 Å². The van der Waals surface area contributed by atoms with Gasteiger partial charge in [0, 0.05) is 34.1 Å². The van der Waals surface area contributed by atoms with Gasteiger partial charge in [-0.2, -0.15) is 0 Å². The lowest BCUT2D eigenvalue weighted by Gasteiger charge is -2.45. The second kappa shape index (κ2) is 12.4. The molecular formula is C53H59BN2. The number of benzene rings is 5. The second-order valence-corrected chi connectivity index (χ2v) is 21.1. The van der Waals surface area contributed by atoms with Crippen LogP contribution in [-0.4, -0.2) is 6.71 Å². The number of nitrogens with zero attached hydrogens (tertiary/aromatic N) is 2. The molecule has 284 valence electrons. The molecule has 0 aromatic heterocycles. The zero-order chi connectivity index (χ0) is 38.2. The first kappa shape index (κ1) is 35.0. The van der Waals surface area contributed by atoms with Gasteiger partial charge in [0.05, 0.1) is 0 Å². The van der Waals surface area contributed by atoms with Gasteiger partial charge in [0.1, 0.15) is 0 Å². The fourth-order valence-corrected chi connectivity index (χ4v) is 12.7. The number of anilines is 6. The summed E-state index contributed by atoms with van der Waals surface area (Å²) < 4.78 is 0. The smallest absolute Gasteiger partial charge is 0.252 e. The first-order valence-electron chi connectivity index (χ1n) is 22.1. The number of rotatable bonds is 4. The highest BCUT2D eigenvalue weighted by Crippen LogP contribution is 2.55. The van der Waals surface area contributed by atoms with Crippen LogP contribution in [0.5, 0.6) is 0 Å². The number of fused-ring (bicyclic) bond motifs is 8. The molecule has 2 nitrogen and oxygen atoms in total. The van der Waals surface area contributed by atoms with E-state index in [1.165, 1.54) is 119 Å². The molecule has 2 heterocycles. The highest BCUT2D eigenvalue weighted by atomic mass is 15.2. The van der Waals surface area contributed by atoms with E-state index in [9.17, 15) is 0 Å². The van der Waals surface area contributed by atoms with Crippen LogP contribution < -0.4 is 26.2 Å². The molecule has 2 aliphatic heterocycles. The van der Waals surface area contributed by atoms with Crippen molar-refractivity contribution in [2.45, 2.75) is 122 Å². The Morgan fingerprint density at radius 2 is 0.964 bits per heavy atom. The van der Waals surface area contributed by atoms with Crippen molar-refractivity contribution >= 4 is 57.2 Å². The summed E-state index contributed by atoms with van der Waals surface area (Å²) in [6.07, 6.45) is 11.3. The summed E-state index contributed by atoms with van der Waals surface area (Å²) in [7, 11) is 0. The van der Waals surface area contributed by atoms with Gasteiger partial charge in [-0.25, -0.2) is 0 Å². The molecule has 4 bridgehead atoms. The van der Waals surface area contributed by atoms with E-state index in [-0.39, 0.29) is 17.5 Å². The van der Waals surface area contributed by atoms with Crippen molar-refractivity contribution in [2.24, 2.45) is 23.7 Å². The van der Waals surface area contributed by atoms with Crippen molar-refractivity contribution in [3.05, 3.63) is 125 Å². The van der Waals surface area contributed by atoms with E-state index in [1.54, 1.807) is 11.1 Å². The summed E-state index contributed by atoms with van der Waals surface area (Å²) >= 11 is 0. The molecule has 4 saturated carbocycles. The number of hydrogen-bond acceptors (Lipinski definition) is 2. The average Bonchev–Trinajstić information content (AvgIpc) is 4.01. The van der Waals surface area contributed by atoms with Gasteiger partial charge < -0.3 is 9.80 Å². The molecule has 0 N–H and O–H groups in total. The minimum absolute atomic E-state index is 0.0413. The third-order valence-corrected chi connectivity index (χ3v) is 15.6. The van der Waals surface area contributed by atoms with Crippen LogP contribution in [0.25, 0.3) is 0 Å². The Bertz CT molecular complexity index is 2360. The van der Waals surface area contributed by atoms with E-state index >= 15 is 0 Å². The molecule has 6 atom stereocenters. The molecule has 0 radical (unpaired) electrons. The minimum atomic E-state index is 0.0413. The average molecular weight is 735 g/mol. The first-order chi connectivity index (χ1) is 26.9. The predicted octanol–water partition coefficient (Wildman–Crippen LogP) is 12.5.